The molecule has 0 aliphatic rings. The molecule has 0 spiro atoms. The van der Waals surface area contributed by atoms with Gasteiger partial charge in [-0.05, 0) is 43.2 Å². The third-order valence-corrected chi connectivity index (χ3v) is 2.37. The molecule has 0 radical (unpaired) electrons. The number of benzene rings is 1. The molecular weight excluding hydrogens is 191 g/mol. The standard InChI is InChI=1S/C13H15FO/c1-3-10(4-2)9-13(15)11-5-7-12(14)8-6-11/h5-9H,3-4H2,1-2H3. The molecule has 80 valence electrons. The van der Waals surface area contributed by atoms with E-state index in [1.807, 2.05) is 13.8 Å². The Kier molecular flexibility index (Phi) is 4.22. The highest BCUT2D eigenvalue weighted by atomic mass is 19.1. The summed E-state index contributed by atoms with van der Waals surface area (Å²) in [6, 6.07) is 5.63. The fraction of sp³-hybridized carbons (Fsp3) is 0.308. The monoisotopic (exact) mass is 206 g/mol. The van der Waals surface area contributed by atoms with Crippen molar-refractivity contribution in [3.63, 3.8) is 0 Å². The molecule has 0 aromatic heterocycles. The maximum absolute atomic E-state index is 12.6. The van der Waals surface area contributed by atoms with E-state index in [9.17, 15) is 9.18 Å². The fourth-order valence-electron chi connectivity index (χ4n) is 1.34. The first-order valence-corrected chi connectivity index (χ1v) is 5.16. The van der Waals surface area contributed by atoms with Gasteiger partial charge in [-0.2, -0.15) is 0 Å². The Morgan fingerprint density at radius 3 is 2.20 bits per heavy atom. The highest BCUT2D eigenvalue weighted by Gasteiger charge is 2.03. The zero-order chi connectivity index (χ0) is 11.3. The first-order chi connectivity index (χ1) is 7.17. The van der Waals surface area contributed by atoms with Crippen LogP contribution in [0.15, 0.2) is 35.9 Å². The maximum Gasteiger partial charge on any atom is 0.185 e. The van der Waals surface area contributed by atoms with Gasteiger partial charge in [0, 0.05) is 5.56 Å². The summed E-state index contributed by atoms with van der Waals surface area (Å²) >= 11 is 0. The summed E-state index contributed by atoms with van der Waals surface area (Å²) in [5, 5.41) is 0. The van der Waals surface area contributed by atoms with Crippen molar-refractivity contribution >= 4 is 5.78 Å². The number of ketones is 1. The Morgan fingerprint density at radius 2 is 1.73 bits per heavy atom. The topological polar surface area (TPSA) is 17.1 Å². The van der Waals surface area contributed by atoms with Crippen molar-refractivity contribution in [3.05, 3.63) is 47.3 Å². The van der Waals surface area contributed by atoms with Gasteiger partial charge >= 0.3 is 0 Å². The first-order valence-electron chi connectivity index (χ1n) is 5.16. The van der Waals surface area contributed by atoms with Crippen LogP contribution in [0.5, 0.6) is 0 Å². The maximum atomic E-state index is 12.6. The van der Waals surface area contributed by atoms with Crippen molar-refractivity contribution in [2.75, 3.05) is 0 Å². The molecule has 0 aliphatic heterocycles. The number of halogens is 1. The quantitative estimate of drug-likeness (QED) is 0.541. The molecule has 0 heterocycles. The van der Waals surface area contributed by atoms with Gasteiger partial charge in [-0.25, -0.2) is 4.39 Å². The van der Waals surface area contributed by atoms with Crippen LogP contribution in [0.1, 0.15) is 37.0 Å². The lowest BCUT2D eigenvalue weighted by Gasteiger charge is -2.00. The summed E-state index contributed by atoms with van der Waals surface area (Å²) in [6.45, 7) is 4.04. The number of hydrogen-bond donors (Lipinski definition) is 0. The van der Waals surface area contributed by atoms with Crippen molar-refractivity contribution in [3.8, 4) is 0 Å². The Hall–Kier alpha value is -1.44. The molecule has 0 atom stereocenters. The fourth-order valence-corrected chi connectivity index (χ4v) is 1.34. The molecule has 0 bridgehead atoms. The second-order valence-electron chi connectivity index (χ2n) is 3.38. The van der Waals surface area contributed by atoms with Crippen LogP contribution in [0.3, 0.4) is 0 Å². The molecule has 0 unspecified atom stereocenters. The average Bonchev–Trinajstić information content (AvgIpc) is 2.26. The van der Waals surface area contributed by atoms with Gasteiger partial charge in [0.15, 0.2) is 5.78 Å². The zero-order valence-electron chi connectivity index (χ0n) is 9.09. The van der Waals surface area contributed by atoms with Crippen LogP contribution >= 0.6 is 0 Å². The summed E-state index contributed by atoms with van der Waals surface area (Å²) in [6.07, 6.45) is 3.40. The van der Waals surface area contributed by atoms with Crippen LogP contribution in [0.25, 0.3) is 0 Å². The van der Waals surface area contributed by atoms with E-state index in [2.05, 4.69) is 0 Å². The highest BCUT2D eigenvalue weighted by Crippen LogP contribution is 2.10. The lowest BCUT2D eigenvalue weighted by atomic mass is 10.1. The number of hydrogen-bond acceptors (Lipinski definition) is 1. The number of carbonyl (C=O) groups excluding carboxylic acids is 1. The number of allylic oxidation sites excluding steroid dienone is 2. The normalized spacial score (nSPS) is 9.80. The van der Waals surface area contributed by atoms with E-state index in [4.69, 9.17) is 0 Å². The van der Waals surface area contributed by atoms with E-state index in [0.29, 0.717) is 5.56 Å². The highest BCUT2D eigenvalue weighted by molar-refractivity contribution is 6.04. The Labute approximate surface area is 89.6 Å². The molecule has 0 amide bonds. The number of rotatable bonds is 4. The molecule has 0 aliphatic carbocycles. The van der Waals surface area contributed by atoms with E-state index >= 15 is 0 Å². The van der Waals surface area contributed by atoms with Gasteiger partial charge in [0.05, 0.1) is 0 Å². The summed E-state index contributed by atoms with van der Waals surface area (Å²) in [7, 11) is 0. The predicted molar refractivity (Wildman–Crippen MR) is 59.4 cm³/mol. The van der Waals surface area contributed by atoms with Crippen molar-refractivity contribution in [1.82, 2.24) is 0 Å². The Morgan fingerprint density at radius 1 is 1.20 bits per heavy atom. The molecule has 0 N–H and O–H groups in total. The van der Waals surface area contributed by atoms with Gasteiger partial charge in [-0.1, -0.05) is 19.4 Å². The molecule has 1 aromatic carbocycles. The van der Waals surface area contributed by atoms with Crippen molar-refractivity contribution < 1.29 is 9.18 Å². The van der Waals surface area contributed by atoms with Gasteiger partial charge in [0.2, 0.25) is 0 Å². The van der Waals surface area contributed by atoms with Gasteiger partial charge in [0.25, 0.3) is 0 Å². The van der Waals surface area contributed by atoms with Crippen LogP contribution in [-0.2, 0) is 0 Å². The number of carbonyl (C=O) groups is 1. The Bertz CT molecular complexity index is 357. The minimum atomic E-state index is -0.318. The second kappa shape index (κ2) is 5.44. The molecular formula is C13H15FO. The molecule has 1 aromatic rings. The van der Waals surface area contributed by atoms with E-state index < -0.39 is 0 Å². The van der Waals surface area contributed by atoms with E-state index in [1.54, 1.807) is 6.08 Å². The van der Waals surface area contributed by atoms with Gasteiger partial charge in [-0.15, -0.1) is 0 Å². The smallest absolute Gasteiger partial charge is 0.185 e. The van der Waals surface area contributed by atoms with Crippen molar-refractivity contribution in [2.45, 2.75) is 26.7 Å². The van der Waals surface area contributed by atoms with E-state index in [0.717, 1.165) is 18.4 Å². The summed E-state index contributed by atoms with van der Waals surface area (Å²) < 4.78 is 12.6. The van der Waals surface area contributed by atoms with Crippen LogP contribution in [0, 0.1) is 5.82 Å². The van der Waals surface area contributed by atoms with E-state index in [1.165, 1.54) is 24.3 Å². The van der Waals surface area contributed by atoms with Crippen LogP contribution in [-0.4, -0.2) is 5.78 Å². The molecule has 1 rings (SSSR count). The van der Waals surface area contributed by atoms with Gasteiger partial charge in [-0.3, -0.25) is 4.79 Å². The molecule has 0 fully saturated rings. The van der Waals surface area contributed by atoms with Gasteiger partial charge < -0.3 is 0 Å². The minimum absolute atomic E-state index is 0.0475. The summed E-state index contributed by atoms with van der Waals surface area (Å²) in [5.74, 6) is -0.365. The second-order valence-corrected chi connectivity index (χ2v) is 3.38. The molecule has 15 heavy (non-hydrogen) atoms. The van der Waals surface area contributed by atoms with Crippen molar-refractivity contribution in [2.24, 2.45) is 0 Å². The van der Waals surface area contributed by atoms with E-state index in [-0.39, 0.29) is 11.6 Å². The average molecular weight is 206 g/mol. The SMILES string of the molecule is CCC(=CC(=O)c1ccc(F)cc1)CC. The molecule has 1 nitrogen and oxygen atoms in total. The predicted octanol–water partition coefficient (Wildman–Crippen LogP) is 3.75. The summed E-state index contributed by atoms with van der Waals surface area (Å²) in [4.78, 5) is 11.7. The van der Waals surface area contributed by atoms with Gasteiger partial charge in [0.1, 0.15) is 5.82 Å². The third-order valence-electron chi connectivity index (χ3n) is 2.37. The van der Waals surface area contributed by atoms with Crippen molar-refractivity contribution in [1.29, 1.82) is 0 Å². The lowest BCUT2D eigenvalue weighted by Crippen LogP contribution is -1.96. The Balaban J connectivity index is 2.85. The molecule has 2 heteroatoms. The third kappa shape index (κ3) is 3.31. The van der Waals surface area contributed by atoms with Crippen LogP contribution in [0.2, 0.25) is 0 Å². The largest absolute Gasteiger partial charge is 0.289 e. The van der Waals surface area contributed by atoms with Crippen LogP contribution in [0.4, 0.5) is 4.39 Å². The first kappa shape index (κ1) is 11.6. The zero-order valence-corrected chi connectivity index (χ0v) is 9.09. The molecule has 0 saturated carbocycles. The van der Waals surface area contributed by atoms with Crippen LogP contribution < -0.4 is 0 Å². The molecule has 0 saturated heterocycles. The lowest BCUT2D eigenvalue weighted by molar-refractivity contribution is 0.104. The minimum Gasteiger partial charge on any atom is -0.289 e. The summed E-state index contributed by atoms with van der Waals surface area (Å²) in [5.41, 5.74) is 1.65.